The van der Waals surface area contributed by atoms with Crippen molar-refractivity contribution in [3.05, 3.63) is 58.4 Å². The normalized spacial score (nSPS) is 10.2. The molecular weight excluding hydrogens is 295 g/mol. The zero-order valence-corrected chi connectivity index (χ0v) is 12.7. The molecule has 0 radical (unpaired) electrons. The third-order valence-electron chi connectivity index (χ3n) is 2.89. The molecule has 0 heterocycles. The number of halogens is 2. The number of hydrogen-bond donors (Lipinski definition) is 2. The zero-order valence-electron chi connectivity index (χ0n) is 11.1. The van der Waals surface area contributed by atoms with E-state index in [-0.39, 0.29) is 5.82 Å². The molecule has 0 amide bonds. The maximum absolute atomic E-state index is 13.7. The number of thiocarbonyl (C=S) groups is 1. The Hall–Kier alpha value is -1.65. The van der Waals surface area contributed by atoms with Crippen LogP contribution in [0.4, 0.5) is 15.8 Å². The summed E-state index contributed by atoms with van der Waals surface area (Å²) in [5, 5.41) is 6.82. The van der Waals surface area contributed by atoms with E-state index in [9.17, 15) is 4.39 Å². The Labute approximate surface area is 128 Å². The fraction of sp³-hybridized carbons (Fsp3) is 0.133. The van der Waals surface area contributed by atoms with Gasteiger partial charge in [-0.05, 0) is 61.5 Å². The first kappa shape index (κ1) is 14.8. The molecule has 0 saturated heterocycles. The second kappa shape index (κ2) is 6.20. The Morgan fingerprint density at radius 3 is 2.50 bits per heavy atom. The van der Waals surface area contributed by atoms with Gasteiger partial charge in [-0.15, -0.1) is 0 Å². The minimum atomic E-state index is -0.336. The fourth-order valence-corrected chi connectivity index (χ4v) is 2.13. The van der Waals surface area contributed by atoms with Crippen LogP contribution in [-0.2, 0) is 0 Å². The third kappa shape index (κ3) is 3.46. The molecule has 0 spiro atoms. The standard InChI is InChI=1S/C15H14ClFN2S/c1-9-6-7-14(12(17)8-9)19-15(20)18-13-5-3-4-11(16)10(13)2/h3-8H,1-2H3,(H2,18,19,20). The lowest BCUT2D eigenvalue weighted by atomic mass is 10.2. The molecule has 2 rings (SSSR count). The number of hydrogen-bond acceptors (Lipinski definition) is 1. The van der Waals surface area contributed by atoms with Gasteiger partial charge in [0.25, 0.3) is 0 Å². The maximum atomic E-state index is 13.7. The Morgan fingerprint density at radius 1 is 1.10 bits per heavy atom. The smallest absolute Gasteiger partial charge is 0.175 e. The summed E-state index contributed by atoms with van der Waals surface area (Å²) in [6, 6.07) is 10.4. The highest BCUT2D eigenvalue weighted by molar-refractivity contribution is 7.80. The van der Waals surface area contributed by atoms with E-state index in [1.807, 2.05) is 32.0 Å². The molecule has 0 aliphatic carbocycles. The topological polar surface area (TPSA) is 24.1 Å². The second-order valence-electron chi connectivity index (χ2n) is 4.47. The minimum absolute atomic E-state index is 0.318. The first-order valence-electron chi connectivity index (χ1n) is 6.06. The highest BCUT2D eigenvalue weighted by atomic mass is 35.5. The molecule has 0 aliphatic rings. The zero-order chi connectivity index (χ0) is 14.7. The molecule has 5 heteroatoms. The minimum Gasteiger partial charge on any atom is -0.332 e. The molecule has 104 valence electrons. The molecule has 0 saturated carbocycles. The van der Waals surface area contributed by atoms with Crippen LogP contribution in [0, 0.1) is 19.7 Å². The number of benzene rings is 2. The van der Waals surface area contributed by atoms with Crippen LogP contribution >= 0.6 is 23.8 Å². The lowest BCUT2D eigenvalue weighted by Crippen LogP contribution is -2.20. The Balaban J connectivity index is 2.11. The lowest BCUT2D eigenvalue weighted by Gasteiger charge is -2.13. The monoisotopic (exact) mass is 308 g/mol. The van der Waals surface area contributed by atoms with E-state index in [4.69, 9.17) is 23.8 Å². The molecular formula is C15H14ClFN2S. The van der Waals surface area contributed by atoms with Crippen LogP contribution in [0.2, 0.25) is 5.02 Å². The van der Waals surface area contributed by atoms with E-state index in [2.05, 4.69) is 10.6 Å². The molecule has 2 aromatic carbocycles. The van der Waals surface area contributed by atoms with Gasteiger partial charge in [0.1, 0.15) is 5.82 Å². The van der Waals surface area contributed by atoms with Crippen molar-refractivity contribution < 1.29 is 4.39 Å². The Morgan fingerprint density at radius 2 is 1.80 bits per heavy atom. The van der Waals surface area contributed by atoms with Crippen molar-refractivity contribution in [1.82, 2.24) is 0 Å². The number of aryl methyl sites for hydroxylation is 1. The predicted molar refractivity (Wildman–Crippen MR) is 87.2 cm³/mol. The first-order valence-corrected chi connectivity index (χ1v) is 6.85. The van der Waals surface area contributed by atoms with Crippen LogP contribution < -0.4 is 10.6 Å². The van der Waals surface area contributed by atoms with Gasteiger partial charge in [-0.25, -0.2) is 4.39 Å². The van der Waals surface area contributed by atoms with Crippen LogP contribution in [-0.4, -0.2) is 5.11 Å². The number of anilines is 2. The second-order valence-corrected chi connectivity index (χ2v) is 5.29. The van der Waals surface area contributed by atoms with Gasteiger partial charge in [-0.2, -0.15) is 0 Å². The molecule has 0 atom stereocenters. The van der Waals surface area contributed by atoms with Crippen LogP contribution in [0.15, 0.2) is 36.4 Å². The largest absolute Gasteiger partial charge is 0.332 e. The van der Waals surface area contributed by atoms with E-state index in [1.165, 1.54) is 6.07 Å². The summed E-state index contributed by atoms with van der Waals surface area (Å²) in [6.45, 7) is 3.72. The quantitative estimate of drug-likeness (QED) is 0.771. The van der Waals surface area contributed by atoms with Crippen molar-refractivity contribution >= 4 is 40.3 Å². The predicted octanol–water partition coefficient (Wildman–Crippen LogP) is 4.90. The highest BCUT2D eigenvalue weighted by Crippen LogP contribution is 2.23. The average molecular weight is 309 g/mol. The Bertz CT molecular complexity index is 658. The van der Waals surface area contributed by atoms with E-state index in [0.29, 0.717) is 15.8 Å². The summed E-state index contributed by atoms with van der Waals surface area (Å²) in [6.07, 6.45) is 0. The van der Waals surface area contributed by atoms with Gasteiger partial charge >= 0.3 is 0 Å². The molecule has 0 aliphatic heterocycles. The van der Waals surface area contributed by atoms with Crippen molar-refractivity contribution in [3.8, 4) is 0 Å². The van der Waals surface area contributed by atoms with Gasteiger partial charge in [0.05, 0.1) is 5.69 Å². The number of rotatable bonds is 2. The molecule has 0 bridgehead atoms. The molecule has 2 N–H and O–H groups in total. The van der Waals surface area contributed by atoms with Gasteiger partial charge in [-0.1, -0.05) is 23.7 Å². The van der Waals surface area contributed by atoms with E-state index in [1.54, 1.807) is 12.1 Å². The molecule has 2 nitrogen and oxygen atoms in total. The van der Waals surface area contributed by atoms with E-state index in [0.717, 1.165) is 16.8 Å². The van der Waals surface area contributed by atoms with Crippen LogP contribution in [0.3, 0.4) is 0 Å². The van der Waals surface area contributed by atoms with Crippen molar-refractivity contribution in [2.45, 2.75) is 13.8 Å². The molecule has 0 aromatic heterocycles. The van der Waals surface area contributed by atoms with Crippen LogP contribution in [0.5, 0.6) is 0 Å². The van der Waals surface area contributed by atoms with E-state index >= 15 is 0 Å². The van der Waals surface area contributed by atoms with Gasteiger partial charge < -0.3 is 10.6 Å². The van der Waals surface area contributed by atoms with Gasteiger partial charge in [0, 0.05) is 10.7 Å². The van der Waals surface area contributed by atoms with E-state index < -0.39 is 0 Å². The van der Waals surface area contributed by atoms with Gasteiger partial charge in [0.2, 0.25) is 0 Å². The van der Waals surface area contributed by atoms with Crippen LogP contribution in [0.25, 0.3) is 0 Å². The highest BCUT2D eigenvalue weighted by Gasteiger charge is 2.07. The number of nitrogens with one attached hydrogen (secondary N) is 2. The van der Waals surface area contributed by atoms with Gasteiger partial charge in [0.15, 0.2) is 5.11 Å². The molecule has 2 aromatic rings. The van der Waals surface area contributed by atoms with Crippen molar-refractivity contribution in [1.29, 1.82) is 0 Å². The summed E-state index contributed by atoms with van der Waals surface area (Å²) >= 11 is 11.2. The third-order valence-corrected chi connectivity index (χ3v) is 3.50. The molecule has 0 fully saturated rings. The van der Waals surface area contributed by atoms with Crippen molar-refractivity contribution in [3.63, 3.8) is 0 Å². The SMILES string of the molecule is Cc1ccc(NC(=S)Nc2cccc(Cl)c2C)c(F)c1. The molecule has 0 unspecified atom stereocenters. The maximum Gasteiger partial charge on any atom is 0.175 e. The fourth-order valence-electron chi connectivity index (χ4n) is 1.74. The van der Waals surface area contributed by atoms with Gasteiger partial charge in [-0.3, -0.25) is 0 Å². The van der Waals surface area contributed by atoms with Crippen molar-refractivity contribution in [2.24, 2.45) is 0 Å². The summed E-state index contributed by atoms with van der Waals surface area (Å²) in [5.41, 5.74) is 2.88. The lowest BCUT2D eigenvalue weighted by molar-refractivity contribution is 0.631. The summed E-state index contributed by atoms with van der Waals surface area (Å²) in [5.74, 6) is -0.336. The van der Waals surface area contributed by atoms with Crippen molar-refractivity contribution in [2.75, 3.05) is 10.6 Å². The molecule has 20 heavy (non-hydrogen) atoms. The summed E-state index contributed by atoms with van der Waals surface area (Å²) in [4.78, 5) is 0. The Kier molecular flexibility index (Phi) is 4.57. The summed E-state index contributed by atoms with van der Waals surface area (Å²) < 4.78 is 13.7. The summed E-state index contributed by atoms with van der Waals surface area (Å²) in [7, 11) is 0. The first-order chi connectivity index (χ1) is 9.47. The average Bonchev–Trinajstić information content (AvgIpc) is 2.38. The van der Waals surface area contributed by atoms with Crippen LogP contribution in [0.1, 0.15) is 11.1 Å².